The van der Waals surface area contributed by atoms with E-state index in [9.17, 15) is 13.6 Å². The van der Waals surface area contributed by atoms with Gasteiger partial charge in [0.15, 0.2) is 0 Å². The van der Waals surface area contributed by atoms with Crippen molar-refractivity contribution in [2.45, 2.75) is 37.6 Å². The Bertz CT molecular complexity index is 545. The monoisotopic (exact) mass is 312 g/mol. The molecule has 122 valence electrons. The molecule has 0 aliphatic carbocycles. The summed E-state index contributed by atoms with van der Waals surface area (Å²) in [6, 6.07) is -0.734. The molecule has 1 aromatic rings. The summed E-state index contributed by atoms with van der Waals surface area (Å²) in [5.41, 5.74) is 0. The van der Waals surface area contributed by atoms with Crippen LogP contribution < -0.4 is 5.32 Å². The fraction of sp³-hybridized carbons (Fsp3) is 0.733. The maximum absolute atomic E-state index is 13.3. The molecule has 0 bridgehead atoms. The highest BCUT2D eigenvalue weighted by Crippen LogP contribution is 2.27. The topological polar surface area (TPSA) is 50.2 Å². The Labute approximate surface area is 128 Å². The lowest BCUT2D eigenvalue weighted by molar-refractivity contribution is -0.135. The first-order valence-corrected chi connectivity index (χ1v) is 7.81. The van der Waals surface area contributed by atoms with E-state index in [1.54, 1.807) is 11.1 Å². The molecule has 1 aromatic heterocycles. The average molecular weight is 312 g/mol. The standard InChI is InChI=1S/C15H22F2N4O/c1-20-6-4-18-13(20)7-11-3-2-5-21(9-11)14(22)12-8-15(16,17)10-19-12/h4,6,11-12,19H,2-3,5,7-10H2,1H3. The molecule has 3 heterocycles. The first-order valence-electron chi connectivity index (χ1n) is 7.81. The molecule has 2 aliphatic heterocycles. The van der Waals surface area contributed by atoms with Crippen molar-refractivity contribution in [3.05, 3.63) is 18.2 Å². The van der Waals surface area contributed by atoms with Gasteiger partial charge in [0.2, 0.25) is 5.91 Å². The third-order valence-corrected chi connectivity index (χ3v) is 4.63. The molecule has 2 atom stereocenters. The van der Waals surface area contributed by atoms with E-state index in [1.165, 1.54) is 0 Å². The lowest BCUT2D eigenvalue weighted by atomic mass is 9.94. The number of amides is 1. The molecule has 2 saturated heterocycles. The largest absolute Gasteiger partial charge is 0.341 e. The van der Waals surface area contributed by atoms with E-state index in [4.69, 9.17) is 0 Å². The Morgan fingerprint density at radius 3 is 3.00 bits per heavy atom. The number of carbonyl (C=O) groups excluding carboxylic acids is 1. The fourth-order valence-corrected chi connectivity index (χ4v) is 3.39. The second kappa shape index (κ2) is 5.95. The summed E-state index contributed by atoms with van der Waals surface area (Å²) in [5.74, 6) is -1.59. The maximum atomic E-state index is 13.3. The number of likely N-dealkylation sites (tertiary alicyclic amines) is 1. The Morgan fingerprint density at radius 2 is 2.36 bits per heavy atom. The van der Waals surface area contributed by atoms with E-state index in [1.807, 2.05) is 17.8 Å². The van der Waals surface area contributed by atoms with Gasteiger partial charge in [0.25, 0.3) is 5.92 Å². The van der Waals surface area contributed by atoms with Gasteiger partial charge in [-0.2, -0.15) is 0 Å². The molecule has 0 saturated carbocycles. The summed E-state index contributed by atoms with van der Waals surface area (Å²) in [4.78, 5) is 18.5. The SMILES string of the molecule is Cn1ccnc1CC1CCCN(C(=O)C2CC(F)(F)CN2)C1. The normalized spacial score (nSPS) is 28.0. The molecule has 3 rings (SSSR count). The molecule has 7 heteroatoms. The number of hydrogen-bond acceptors (Lipinski definition) is 3. The number of aryl methyl sites for hydroxylation is 1. The summed E-state index contributed by atoms with van der Waals surface area (Å²) >= 11 is 0. The van der Waals surface area contributed by atoms with E-state index < -0.39 is 18.5 Å². The van der Waals surface area contributed by atoms with Crippen molar-refractivity contribution in [3.63, 3.8) is 0 Å². The third kappa shape index (κ3) is 3.29. The number of halogens is 2. The van der Waals surface area contributed by atoms with Crippen molar-refractivity contribution >= 4 is 5.91 Å². The molecule has 2 unspecified atom stereocenters. The number of hydrogen-bond donors (Lipinski definition) is 1. The smallest absolute Gasteiger partial charge is 0.262 e. The Kier molecular flexibility index (Phi) is 4.16. The van der Waals surface area contributed by atoms with Gasteiger partial charge >= 0.3 is 0 Å². The van der Waals surface area contributed by atoms with Crippen molar-refractivity contribution in [1.29, 1.82) is 0 Å². The van der Waals surface area contributed by atoms with Crippen LogP contribution in [0.25, 0.3) is 0 Å². The summed E-state index contributed by atoms with van der Waals surface area (Å²) in [6.07, 6.45) is 6.08. The van der Waals surface area contributed by atoms with Gasteiger partial charge in [0, 0.05) is 45.4 Å². The number of rotatable bonds is 3. The van der Waals surface area contributed by atoms with Gasteiger partial charge < -0.3 is 9.47 Å². The molecular weight excluding hydrogens is 290 g/mol. The van der Waals surface area contributed by atoms with Crippen LogP contribution >= 0.6 is 0 Å². The van der Waals surface area contributed by atoms with E-state index in [-0.39, 0.29) is 12.3 Å². The van der Waals surface area contributed by atoms with Crippen LogP contribution in [0.5, 0.6) is 0 Å². The first kappa shape index (κ1) is 15.4. The summed E-state index contributed by atoms with van der Waals surface area (Å²) in [5, 5.41) is 2.66. The highest BCUT2D eigenvalue weighted by atomic mass is 19.3. The number of piperidine rings is 1. The molecule has 1 N–H and O–H groups in total. The summed E-state index contributed by atoms with van der Waals surface area (Å²) < 4.78 is 28.5. The van der Waals surface area contributed by atoms with Gasteiger partial charge in [0.05, 0.1) is 12.6 Å². The predicted molar refractivity (Wildman–Crippen MR) is 77.6 cm³/mol. The Hall–Kier alpha value is -1.50. The molecule has 22 heavy (non-hydrogen) atoms. The first-order chi connectivity index (χ1) is 10.4. The number of alkyl halides is 2. The van der Waals surface area contributed by atoms with Gasteiger partial charge in [-0.15, -0.1) is 0 Å². The van der Waals surface area contributed by atoms with Gasteiger partial charge in [-0.25, -0.2) is 13.8 Å². The van der Waals surface area contributed by atoms with Gasteiger partial charge in [-0.3, -0.25) is 10.1 Å². The molecule has 5 nitrogen and oxygen atoms in total. The lowest BCUT2D eigenvalue weighted by Gasteiger charge is -2.34. The number of nitrogens with one attached hydrogen (secondary N) is 1. The zero-order valence-corrected chi connectivity index (χ0v) is 12.8. The van der Waals surface area contributed by atoms with Crippen molar-refractivity contribution in [2.75, 3.05) is 19.6 Å². The quantitative estimate of drug-likeness (QED) is 0.912. The van der Waals surface area contributed by atoms with E-state index in [0.29, 0.717) is 19.0 Å². The van der Waals surface area contributed by atoms with E-state index in [0.717, 1.165) is 25.1 Å². The summed E-state index contributed by atoms with van der Waals surface area (Å²) in [6.45, 7) is 0.906. The van der Waals surface area contributed by atoms with Gasteiger partial charge in [-0.05, 0) is 18.8 Å². The van der Waals surface area contributed by atoms with Crippen molar-refractivity contribution < 1.29 is 13.6 Å². The molecule has 2 fully saturated rings. The Balaban J connectivity index is 1.58. The van der Waals surface area contributed by atoms with Crippen LogP contribution in [-0.2, 0) is 18.3 Å². The second-order valence-corrected chi connectivity index (χ2v) is 6.44. The zero-order valence-electron chi connectivity index (χ0n) is 12.8. The minimum Gasteiger partial charge on any atom is -0.341 e. The highest BCUT2D eigenvalue weighted by molar-refractivity contribution is 5.82. The van der Waals surface area contributed by atoms with E-state index in [2.05, 4.69) is 10.3 Å². The Morgan fingerprint density at radius 1 is 1.55 bits per heavy atom. The average Bonchev–Trinajstić information content (AvgIpc) is 3.04. The number of imidazole rings is 1. The molecule has 2 aliphatic rings. The molecule has 1 amide bonds. The van der Waals surface area contributed by atoms with Crippen LogP contribution in [0.3, 0.4) is 0 Å². The number of carbonyl (C=O) groups is 1. The van der Waals surface area contributed by atoms with Crippen molar-refractivity contribution in [2.24, 2.45) is 13.0 Å². The van der Waals surface area contributed by atoms with Crippen LogP contribution in [0.1, 0.15) is 25.1 Å². The summed E-state index contributed by atoms with van der Waals surface area (Å²) in [7, 11) is 1.96. The van der Waals surface area contributed by atoms with Crippen molar-refractivity contribution in [1.82, 2.24) is 19.8 Å². The minimum absolute atomic E-state index is 0.179. The van der Waals surface area contributed by atoms with Crippen LogP contribution in [0.15, 0.2) is 12.4 Å². The fourth-order valence-electron chi connectivity index (χ4n) is 3.39. The second-order valence-electron chi connectivity index (χ2n) is 6.44. The van der Waals surface area contributed by atoms with Crippen LogP contribution in [0.2, 0.25) is 0 Å². The van der Waals surface area contributed by atoms with Crippen molar-refractivity contribution in [3.8, 4) is 0 Å². The zero-order chi connectivity index (χ0) is 15.7. The molecule has 0 aromatic carbocycles. The molecule has 0 spiro atoms. The van der Waals surface area contributed by atoms with Crippen LogP contribution in [-0.4, -0.2) is 52.0 Å². The molecule has 0 radical (unpaired) electrons. The maximum Gasteiger partial charge on any atom is 0.262 e. The lowest BCUT2D eigenvalue weighted by Crippen LogP contribution is -2.48. The highest BCUT2D eigenvalue weighted by Gasteiger charge is 2.44. The minimum atomic E-state index is -2.76. The predicted octanol–water partition coefficient (Wildman–Crippen LogP) is 1.20. The van der Waals surface area contributed by atoms with Crippen LogP contribution in [0.4, 0.5) is 8.78 Å². The van der Waals surface area contributed by atoms with E-state index >= 15 is 0 Å². The van der Waals surface area contributed by atoms with Crippen LogP contribution in [0, 0.1) is 5.92 Å². The van der Waals surface area contributed by atoms with Gasteiger partial charge in [0.1, 0.15) is 5.82 Å². The third-order valence-electron chi connectivity index (χ3n) is 4.63. The number of nitrogens with zero attached hydrogens (tertiary/aromatic N) is 3. The number of aromatic nitrogens is 2. The molecular formula is C15H22F2N4O. The van der Waals surface area contributed by atoms with Gasteiger partial charge in [-0.1, -0.05) is 0 Å².